The normalized spacial score (nSPS) is 14.4. The Labute approximate surface area is 261 Å². The maximum absolute atomic E-state index is 14.8. The van der Waals surface area contributed by atoms with Gasteiger partial charge in [-0.2, -0.15) is 47.9 Å². The molecule has 0 saturated carbocycles. The maximum Gasteiger partial charge on any atom is 0.460 e. The van der Waals surface area contributed by atoms with Gasteiger partial charge in [0, 0.05) is 17.3 Å². The third-order valence-electron chi connectivity index (χ3n) is 7.77. The molecule has 0 atom stereocenters. The van der Waals surface area contributed by atoms with Crippen molar-refractivity contribution in [1.29, 1.82) is 0 Å². The van der Waals surface area contributed by atoms with Crippen LogP contribution >= 0.6 is 10.3 Å². The first-order valence-electron chi connectivity index (χ1n) is 16.3. The average Bonchev–Trinajstić information content (AvgIpc) is 2.93. The summed E-state index contributed by atoms with van der Waals surface area (Å²) in [5.74, 6) is -14.7. The first-order valence-corrected chi connectivity index (χ1v) is 19.8. The highest BCUT2D eigenvalue weighted by molar-refractivity contribution is 8.33. The van der Waals surface area contributed by atoms with Crippen LogP contribution in [0.1, 0.15) is 149 Å². The van der Waals surface area contributed by atoms with E-state index in [1.54, 1.807) is 0 Å². The number of halogens is 9. The van der Waals surface area contributed by atoms with E-state index in [-0.39, 0.29) is 17.3 Å². The van der Waals surface area contributed by atoms with Gasteiger partial charge in [-0.3, -0.25) is 0 Å². The van der Waals surface area contributed by atoms with Crippen LogP contribution in [-0.4, -0.2) is 49.0 Å². The molecule has 0 unspecified atom stereocenters. The molecule has 0 rings (SSSR count). The molecule has 0 aromatic carbocycles. The van der Waals surface area contributed by atoms with E-state index in [4.69, 9.17) is 3.63 Å². The highest BCUT2D eigenvalue weighted by Crippen LogP contribution is 2.60. The standard InChI is InChI=1S/C30H55F9O3S2/c1-4-7-10-13-16-17-20-23-26-43(24-21-18-14-11-8-5-2,25-22-19-15-12-9-6-3)42-44(40,41)30(38,39)28(33,34)27(31,32)29(35,36)37/h4-26H2,1-3H3. The quantitative estimate of drug-likeness (QED) is 0.0603. The minimum Gasteiger partial charge on any atom is -0.215 e. The lowest BCUT2D eigenvalue weighted by molar-refractivity contribution is -0.382. The molecule has 0 saturated heterocycles. The lowest BCUT2D eigenvalue weighted by Crippen LogP contribution is -2.63. The molecule has 0 heterocycles. The Bertz CT molecular complexity index is 835. The molecule has 0 aromatic heterocycles. The third kappa shape index (κ3) is 13.8. The molecular weight excluding hydrogens is 643 g/mol. The van der Waals surface area contributed by atoms with Crippen LogP contribution in [0.5, 0.6) is 0 Å². The lowest BCUT2D eigenvalue weighted by atomic mass is 10.1. The van der Waals surface area contributed by atoms with Gasteiger partial charge in [-0.15, -0.1) is 10.3 Å². The van der Waals surface area contributed by atoms with E-state index in [1.807, 2.05) is 13.8 Å². The molecular formula is C30H55F9O3S2. The molecule has 0 aromatic rings. The predicted molar refractivity (Wildman–Crippen MR) is 162 cm³/mol. The molecule has 44 heavy (non-hydrogen) atoms. The molecule has 268 valence electrons. The number of hydrogen-bond acceptors (Lipinski definition) is 3. The summed E-state index contributed by atoms with van der Waals surface area (Å²) < 4.78 is 154. The van der Waals surface area contributed by atoms with E-state index in [1.165, 1.54) is 0 Å². The van der Waals surface area contributed by atoms with E-state index in [9.17, 15) is 47.9 Å². The van der Waals surface area contributed by atoms with Gasteiger partial charge in [0.05, 0.1) is 0 Å². The highest BCUT2D eigenvalue weighted by atomic mass is 32.3. The van der Waals surface area contributed by atoms with Crippen LogP contribution in [0.25, 0.3) is 0 Å². The Morgan fingerprint density at radius 2 is 0.705 bits per heavy atom. The third-order valence-corrected chi connectivity index (χ3v) is 13.6. The molecule has 0 aliphatic heterocycles. The number of unbranched alkanes of at least 4 members (excludes halogenated alkanes) is 17. The van der Waals surface area contributed by atoms with Gasteiger partial charge in [-0.05, 0) is 19.3 Å². The van der Waals surface area contributed by atoms with E-state index in [0.717, 1.165) is 89.9 Å². The SMILES string of the molecule is CCCCCCCCCCS(CCCCCCCC)(CCCCCCCC)OS(=O)(=O)C(F)(F)C(F)(F)C(F)(F)C(F)(F)F. The minimum absolute atomic E-state index is 0.0393. The van der Waals surface area contributed by atoms with Crippen molar-refractivity contribution in [3.63, 3.8) is 0 Å². The summed E-state index contributed by atoms with van der Waals surface area (Å²) in [6, 6.07) is 0. The van der Waals surface area contributed by atoms with Crippen LogP contribution in [0.2, 0.25) is 0 Å². The fraction of sp³-hybridized carbons (Fsp3) is 1.00. The molecule has 0 aliphatic rings. The van der Waals surface area contributed by atoms with Crippen LogP contribution in [0.4, 0.5) is 39.5 Å². The summed E-state index contributed by atoms with van der Waals surface area (Å²) in [5.41, 5.74) is 0. The molecule has 0 amide bonds. The number of hydrogen-bond donors (Lipinski definition) is 0. The van der Waals surface area contributed by atoms with Crippen LogP contribution in [0.15, 0.2) is 0 Å². The second-order valence-electron chi connectivity index (χ2n) is 11.8. The lowest BCUT2D eigenvalue weighted by Gasteiger charge is -2.41. The summed E-state index contributed by atoms with van der Waals surface area (Å²) in [5, 5.41) is -6.82. The van der Waals surface area contributed by atoms with Crippen molar-refractivity contribution in [3.8, 4) is 0 Å². The molecule has 14 heteroatoms. The molecule has 0 radical (unpaired) electrons. The van der Waals surface area contributed by atoms with Crippen molar-refractivity contribution in [3.05, 3.63) is 0 Å². The summed E-state index contributed by atoms with van der Waals surface area (Å²) in [6.45, 7) is 6.10. The molecule has 0 fully saturated rings. The first-order chi connectivity index (χ1) is 20.4. The van der Waals surface area contributed by atoms with Crippen LogP contribution in [0.3, 0.4) is 0 Å². The zero-order valence-electron chi connectivity index (χ0n) is 26.7. The van der Waals surface area contributed by atoms with Crippen molar-refractivity contribution in [1.82, 2.24) is 0 Å². The van der Waals surface area contributed by atoms with Gasteiger partial charge in [-0.1, -0.05) is 130 Å². The summed E-state index contributed by atoms with van der Waals surface area (Å²) in [6.07, 6.45) is 8.61. The van der Waals surface area contributed by atoms with Gasteiger partial charge < -0.3 is 0 Å². The van der Waals surface area contributed by atoms with E-state index in [2.05, 4.69) is 6.92 Å². The van der Waals surface area contributed by atoms with Crippen molar-refractivity contribution in [2.45, 2.75) is 172 Å². The first kappa shape index (κ1) is 43.6. The van der Waals surface area contributed by atoms with E-state index < -0.39 is 43.7 Å². The molecule has 0 aliphatic carbocycles. The van der Waals surface area contributed by atoms with E-state index in [0.29, 0.717) is 38.5 Å². The Hall–Kier alpha value is -0.370. The molecule has 0 bridgehead atoms. The Morgan fingerprint density at radius 3 is 0.977 bits per heavy atom. The molecule has 3 nitrogen and oxygen atoms in total. The van der Waals surface area contributed by atoms with Gasteiger partial charge >= 0.3 is 33.4 Å². The Morgan fingerprint density at radius 1 is 0.432 bits per heavy atom. The maximum atomic E-state index is 14.8. The number of rotatable bonds is 28. The van der Waals surface area contributed by atoms with E-state index >= 15 is 0 Å². The predicted octanol–water partition coefficient (Wildman–Crippen LogP) is 12.3. The monoisotopic (exact) mass is 698 g/mol. The van der Waals surface area contributed by atoms with Gasteiger partial charge in [0.15, 0.2) is 0 Å². The molecule has 0 spiro atoms. The fourth-order valence-electron chi connectivity index (χ4n) is 4.95. The fourth-order valence-corrected chi connectivity index (χ4v) is 10.9. The smallest absolute Gasteiger partial charge is 0.215 e. The number of alkyl halides is 9. The van der Waals surface area contributed by atoms with Gasteiger partial charge in [0.1, 0.15) is 0 Å². The van der Waals surface area contributed by atoms with Gasteiger partial charge in [0.25, 0.3) is 0 Å². The largest absolute Gasteiger partial charge is 0.460 e. The van der Waals surface area contributed by atoms with Crippen LogP contribution < -0.4 is 0 Å². The zero-order valence-corrected chi connectivity index (χ0v) is 28.3. The zero-order chi connectivity index (χ0) is 34.0. The second-order valence-corrected chi connectivity index (χ2v) is 16.9. The van der Waals surface area contributed by atoms with Crippen LogP contribution in [0, 0.1) is 0 Å². The van der Waals surface area contributed by atoms with Crippen molar-refractivity contribution in [2.24, 2.45) is 0 Å². The summed E-state index contributed by atoms with van der Waals surface area (Å²) in [4.78, 5) is 0. The topological polar surface area (TPSA) is 43.4 Å². The Kier molecular flexibility index (Phi) is 20.6. The second kappa shape index (κ2) is 20.8. The minimum atomic E-state index is -7.31. The van der Waals surface area contributed by atoms with Crippen molar-refractivity contribution in [2.75, 3.05) is 17.3 Å². The average molecular weight is 699 g/mol. The summed E-state index contributed by atoms with van der Waals surface area (Å²) >= 11 is 0. The summed E-state index contributed by atoms with van der Waals surface area (Å²) in [7, 11) is -10.00. The Balaban J connectivity index is 6.18. The highest BCUT2D eigenvalue weighted by Gasteiger charge is 2.86. The molecule has 0 N–H and O–H groups in total. The van der Waals surface area contributed by atoms with Crippen molar-refractivity contribution >= 4 is 20.4 Å². The van der Waals surface area contributed by atoms with Gasteiger partial charge in [-0.25, -0.2) is 3.63 Å². The van der Waals surface area contributed by atoms with Gasteiger partial charge in [0.2, 0.25) is 0 Å². The van der Waals surface area contributed by atoms with Crippen molar-refractivity contribution < 1.29 is 51.6 Å². The van der Waals surface area contributed by atoms with Crippen LogP contribution in [-0.2, 0) is 13.7 Å².